The second-order valence-electron chi connectivity index (χ2n) is 15.3. The summed E-state index contributed by atoms with van der Waals surface area (Å²) in [5.74, 6) is -0.348. The number of aliphatic hydroxyl groups excluding tert-OH is 2. The number of benzene rings is 2. The lowest BCUT2D eigenvalue weighted by Gasteiger charge is -2.59. The topological polar surface area (TPSA) is 139 Å². The minimum Gasteiger partial charge on any atom is -0.399 e. The molecule has 1 aliphatic heterocycles. The molecule has 0 spiro atoms. The zero-order valence-electron chi connectivity index (χ0n) is 26.4. The molecular formula is C38H43NO7. The van der Waals surface area contributed by atoms with E-state index in [2.05, 4.69) is 6.92 Å². The van der Waals surface area contributed by atoms with Crippen LogP contribution >= 0.6 is 0 Å². The van der Waals surface area contributed by atoms with Gasteiger partial charge in [0.2, 0.25) is 0 Å². The predicted octanol–water partition coefficient (Wildman–Crippen LogP) is 4.44. The van der Waals surface area contributed by atoms with Crippen LogP contribution in [0.1, 0.15) is 80.9 Å². The minimum atomic E-state index is -1.39. The van der Waals surface area contributed by atoms with Crippen molar-refractivity contribution in [3.63, 3.8) is 0 Å². The van der Waals surface area contributed by atoms with Gasteiger partial charge in [-0.05, 0) is 97.8 Å². The number of Topliss-reactive ketones (excluding diaryl/α,β-unsaturated/α-hetero) is 1. The molecule has 9 atom stereocenters. The van der Waals surface area contributed by atoms with Crippen molar-refractivity contribution in [2.45, 2.75) is 88.5 Å². The first-order valence-electron chi connectivity index (χ1n) is 16.7. The smallest absolute Gasteiger partial charge is 0.193 e. The monoisotopic (exact) mass is 625 g/mol. The summed E-state index contributed by atoms with van der Waals surface area (Å²) in [6, 6.07) is 13.7. The second-order valence-corrected chi connectivity index (χ2v) is 15.3. The summed E-state index contributed by atoms with van der Waals surface area (Å²) in [5.41, 5.74) is 8.21. The molecule has 0 unspecified atom stereocenters. The van der Waals surface area contributed by atoms with Crippen LogP contribution in [0.15, 0.2) is 66.3 Å². The van der Waals surface area contributed by atoms with Gasteiger partial charge in [0.25, 0.3) is 0 Å². The van der Waals surface area contributed by atoms with Gasteiger partial charge in [-0.2, -0.15) is 0 Å². The normalized spacial score (nSPS) is 40.0. The average Bonchev–Trinajstić information content (AvgIpc) is 3.57. The van der Waals surface area contributed by atoms with Crippen molar-refractivity contribution in [1.29, 1.82) is 0 Å². The number of allylic oxidation sites excluding steroid dienone is 4. The third-order valence-electron chi connectivity index (χ3n) is 12.7. The van der Waals surface area contributed by atoms with Gasteiger partial charge in [-0.15, -0.1) is 0 Å². The molecule has 5 aliphatic carbocycles. The first-order chi connectivity index (χ1) is 21.9. The van der Waals surface area contributed by atoms with E-state index >= 15 is 0 Å². The molecule has 2 aromatic carbocycles. The fourth-order valence-electron chi connectivity index (χ4n) is 10.4. The molecule has 0 bridgehead atoms. The van der Waals surface area contributed by atoms with Gasteiger partial charge in [0.1, 0.15) is 6.61 Å². The molecule has 1 saturated heterocycles. The van der Waals surface area contributed by atoms with Crippen LogP contribution in [0.4, 0.5) is 5.69 Å². The molecule has 242 valence electrons. The van der Waals surface area contributed by atoms with E-state index in [0.29, 0.717) is 24.9 Å². The van der Waals surface area contributed by atoms with Gasteiger partial charge in [-0.25, -0.2) is 0 Å². The highest BCUT2D eigenvalue weighted by molar-refractivity contribution is 6.01. The maximum atomic E-state index is 13.9. The molecular weight excluding hydrogens is 582 g/mol. The number of nitrogens with two attached hydrogens (primary N) is 1. The van der Waals surface area contributed by atoms with Gasteiger partial charge in [0.05, 0.1) is 17.8 Å². The number of ketones is 2. The molecule has 5 fully saturated rings. The number of carbonyl (C=O) groups is 2. The summed E-state index contributed by atoms with van der Waals surface area (Å²) >= 11 is 0. The fraction of sp³-hybridized carbons (Fsp3) is 0.526. The van der Waals surface area contributed by atoms with Gasteiger partial charge >= 0.3 is 0 Å². The summed E-state index contributed by atoms with van der Waals surface area (Å²) in [4.78, 5) is 26.1. The zero-order chi connectivity index (χ0) is 32.2. The number of rotatable bonds is 6. The fourth-order valence-corrected chi connectivity index (χ4v) is 10.4. The summed E-state index contributed by atoms with van der Waals surface area (Å²) < 4.78 is 13.4. The molecule has 1 heterocycles. The maximum absolute atomic E-state index is 13.9. The van der Waals surface area contributed by atoms with E-state index in [4.69, 9.17) is 15.2 Å². The Bertz CT molecular complexity index is 1690. The Kier molecular flexibility index (Phi) is 6.68. The van der Waals surface area contributed by atoms with Gasteiger partial charge in [0.15, 0.2) is 23.5 Å². The van der Waals surface area contributed by atoms with E-state index in [9.17, 15) is 24.9 Å². The number of aliphatic hydroxyl groups is 3. The third-order valence-corrected chi connectivity index (χ3v) is 12.7. The molecule has 46 heavy (non-hydrogen) atoms. The quantitative estimate of drug-likeness (QED) is 0.346. The van der Waals surface area contributed by atoms with E-state index in [1.54, 1.807) is 12.2 Å². The minimum absolute atomic E-state index is 0.00433. The van der Waals surface area contributed by atoms with Crippen LogP contribution in [0.2, 0.25) is 0 Å². The predicted molar refractivity (Wildman–Crippen MR) is 170 cm³/mol. The largest absolute Gasteiger partial charge is 0.399 e. The lowest BCUT2D eigenvalue weighted by Crippen LogP contribution is -2.63. The van der Waals surface area contributed by atoms with Crippen LogP contribution in [-0.2, 0) is 31.1 Å². The van der Waals surface area contributed by atoms with Gasteiger partial charge in [0, 0.05) is 28.0 Å². The third kappa shape index (κ3) is 4.23. The van der Waals surface area contributed by atoms with Crippen LogP contribution in [0.25, 0.3) is 0 Å². The lowest BCUT2D eigenvalue weighted by molar-refractivity contribution is -0.201. The van der Waals surface area contributed by atoms with Crippen LogP contribution in [0.5, 0.6) is 0 Å². The number of fused-ring (bicyclic) bond motifs is 7. The molecule has 8 rings (SSSR count). The summed E-state index contributed by atoms with van der Waals surface area (Å²) in [5, 5.41) is 32.9. The molecule has 8 nitrogen and oxygen atoms in total. The van der Waals surface area contributed by atoms with Crippen molar-refractivity contribution in [2.75, 3.05) is 12.3 Å². The van der Waals surface area contributed by atoms with Crippen molar-refractivity contribution in [3.05, 3.63) is 88.5 Å². The Labute approximate surface area is 269 Å². The molecule has 5 N–H and O–H groups in total. The number of carbonyl (C=O) groups excluding carboxylic acids is 2. The highest BCUT2D eigenvalue weighted by Gasteiger charge is 2.75. The van der Waals surface area contributed by atoms with E-state index in [1.807, 2.05) is 55.5 Å². The highest BCUT2D eigenvalue weighted by Crippen LogP contribution is 2.70. The van der Waals surface area contributed by atoms with Crippen LogP contribution < -0.4 is 5.73 Å². The number of nitrogen functional groups attached to an aromatic ring is 1. The Morgan fingerprint density at radius 3 is 2.67 bits per heavy atom. The van der Waals surface area contributed by atoms with E-state index in [0.717, 1.165) is 53.5 Å². The molecule has 0 radical (unpaired) electrons. The molecule has 0 aromatic heterocycles. The van der Waals surface area contributed by atoms with Crippen molar-refractivity contribution in [1.82, 2.24) is 0 Å². The Balaban J connectivity index is 1.09. The molecule has 2 aromatic rings. The lowest BCUT2D eigenvalue weighted by atomic mass is 9.46. The van der Waals surface area contributed by atoms with E-state index in [-0.39, 0.29) is 23.5 Å². The van der Waals surface area contributed by atoms with Crippen LogP contribution in [0.3, 0.4) is 0 Å². The number of anilines is 1. The molecule has 8 heteroatoms. The first-order valence-corrected chi connectivity index (χ1v) is 16.7. The molecule has 0 amide bonds. The second kappa shape index (κ2) is 10.2. The van der Waals surface area contributed by atoms with E-state index in [1.165, 1.54) is 0 Å². The summed E-state index contributed by atoms with van der Waals surface area (Å²) in [6.45, 7) is 3.51. The SMILES string of the molecule is C[C@]12C=CC(=O)C=C1CC[C@@H]1[C@@H]2[C@@H](O)C[C@@]2(C)[C@H]1C[C@H]1O[C@@H](c3cccc(Cc4cc(N)cc(C5(O)CC5)c4)c3)O[C@]12C(=O)CO. The summed E-state index contributed by atoms with van der Waals surface area (Å²) in [6.07, 6.45) is 7.86. The molecule has 6 aliphatic rings. The van der Waals surface area contributed by atoms with Crippen molar-refractivity contribution >= 4 is 17.3 Å². The summed E-state index contributed by atoms with van der Waals surface area (Å²) in [7, 11) is 0. The first kappa shape index (κ1) is 30.2. The zero-order valence-corrected chi connectivity index (χ0v) is 26.4. The number of ether oxygens (including phenoxy) is 2. The number of hydrogen-bond donors (Lipinski definition) is 4. The standard InChI is InChI=1S/C38H43NO7/c1-35-9-8-27(41)17-24(35)6-7-28-29-18-32-38(31(43)20-40,36(29,2)19-30(42)33(28)35)46-34(45-32)23-5-3-4-21(13-23)12-22-14-25(16-26(39)15-22)37(44)10-11-37/h3-5,8-9,13-17,28-30,32-34,40,42,44H,6-7,10-12,18-20,39H2,1-2H3/t28-,29-,30-,32+,33+,34+,35-,36-,38+/m0/s1. The van der Waals surface area contributed by atoms with Crippen molar-refractivity contribution in [3.8, 4) is 0 Å². The van der Waals surface area contributed by atoms with E-state index < -0.39 is 52.9 Å². The number of hydrogen-bond acceptors (Lipinski definition) is 8. The van der Waals surface area contributed by atoms with Gasteiger partial charge in [-0.1, -0.05) is 55.8 Å². The Hall–Kier alpha value is -3.14. The van der Waals surface area contributed by atoms with Crippen LogP contribution in [-0.4, -0.2) is 51.3 Å². The maximum Gasteiger partial charge on any atom is 0.193 e. The average molecular weight is 626 g/mol. The van der Waals surface area contributed by atoms with Crippen LogP contribution in [0, 0.1) is 28.6 Å². The Morgan fingerprint density at radius 1 is 1.11 bits per heavy atom. The highest BCUT2D eigenvalue weighted by atomic mass is 16.7. The Morgan fingerprint density at radius 2 is 1.91 bits per heavy atom. The van der Waals surface area contributed by atoms with Crippen molar-refractivity contribution < 1.29 is 34.4 Å². The van der Waals surface area contributed by atoms with Gasteiger partial charge < -0.3 is 30.5 Å². The molecule has 4 saturated carbocycles. The van der Waals surface area contributed by atoms with Crippen molar-refractivity contribution in [2.24, 2.45) is 28.6 Å². The van der Waals surface area contributed by atoms with Gasteiger partial charge in [-0.3, -0.25) is 9.59 Å².